The van der Waals surface area contributed by atoms with E-state index in [-0.39, 0.29) is 6.10 Å². The molecule has 1 aromatic rings. The summed E-state index contributed by atoms with van der Waals surface area (Å²) in [4.78, 5) is 2.42. The minimum Gasteiger partial charge on any atom is -0.393 e. The molecule has 0 aromatic heterocycles. The highest BCUT2D eigenvalue weighted by Gasteiger charge is 2.27. The number of aliphatic hydroxyl groups excluding tert-OH is 1. The molecule has 1 aromatic carbocycles. The van der Waals surface area contributed by atoms with Crippen molar-refractivity contribution in [3.05, 3.63) is 29.8 Å². The minimum atomic E-state index is -0.205. The predicted molar refractivity (Wildman–Crippen MR) is 80.5 cm³/mol. The molecule has 1 saturated heterocycles. The molecular formula is C16H26N2O. The Bertz CT molecular complexity index is 401. The minimum absolute atomic E-state index is 0.205. The van der Waals surface area contributed by atoms with Gasteiger partial charge in [0.05, 0.1) is 6.10 Å². The van der Waals surface area contributed by atoms with Crippen molar-refractivity contribution in [1.82, 2.24) is 5.32 Å². The summed E-state index contributed by atoms with van der Waals surface area (Å²) in [5, 5.41) is 13.1. The third-order valence-corrected chi connectivity index (χ3v) is 4.32. The van der Waals surface area contributed by atoms with Gasteiger partial charge in [-0.2, -0.15) is 0 Å². The molecule has 0 bridgehead atoms. The fourth-order valence-corrected chi connectivity index (χ4v) is 3.05. The second-order valence-electron chi connectivity index (χ2n) is 5.54. The van der Waals surface area contributed by atoms with Crippen LogP contribution in [-0.2, 0) is 0 Å². The molecule has 0 saturated carbocycles. The molecule has 0 spiro atoms. The Balaban J connectivity index is 2.21. The fraction of sp³-hybridized carbons (Fsp3) is 0.625. The van der Waals surface area contributed by atoms with Gasteiger partial charge in [-0.3, -0.25) is 0 Å². The van der Waals surface area contributed by atoms with Gasteiger partial charge in [0.25, 0.3) is 0 Å². The van der Waals surface area contributed by atoms with Gasteiger partial charge in [-0.25, -0.2) is 0 Å². The predicted octanol–water partition coefficient (Wildman–Crippen LogP) is 2.56. The summed E-state index contributed by atoms with van der Waals surface area (Å²) in [6.07, 6.45) is 1.97. The summed E-state index contributed by atoms with van der Waals surface area (Å²) in [5.74, 6) is 0.405. The van der Waals surface area contributed by atoms with Crippen LogP contribution in [0.3, 0.4) is 0 Å². The van der Waals surface area contributed by atoms with Crippen LogP contribution in [0, 0.1) is 5.92 Å². The lowest BCUT2D eigenvalue weighted by Gasteiger charge is -2.26. The van der Waals surface area contributed by atoms with Crippen molar-refractivity contribution in [2.45, 2.75) is 38.8 Å². The first-order valence-corrected chi connectivity index (χ1v) is 7.36. The molecule has 0 amide bonds. The van der Waals surface area contributed by atoms with Crippen LogP contribution in [0.5, 0.6) is 0 Å². The standard InChI is InChI=1S/C16H26N2O/c1-4-15(17-3)14-7-5-6-8-16(14)18-10-9-13(11-18)12(2)19/h5-8,12-13,15,17,19H,4,9-11H2,1-3H3. The molecule has 1 fully saturated rings. The van der Waals surface area contributed by atoms with Gasteiger partial charge in [-0.15, -0.1) is 0 Å². The number of rotatable bonds is 5. The number of hydrogen-bond donors (Lipinski definition) is 2. The molecule has 3 unspecified atom stereocenters. The van der Waals surface area contributed by atoms with Crippen molar-refractivity contribution in [2.75, 3.05) is 25.0 Å². The maximum atomic E-state index is 9.75. The summed E-state index contributed by atoms with van der Waals surface area (Å²) in [5.41, 5.74) is 2.70. The fourth-order valence-electron chi connectivity index (χ4n) is 3.05. The van der Waals surface area contributed by atoms with Gasteiger partial charge in [0.15, 0.2) is 0 Å². The van der Waals surface area contributed by atoms with Gasteiger partial charge in [0, 0.05) is 30.7 Å². The Kier molecular flexibility index (Phi) is 4.83. The molecule has 3 heteroatoms. The Morgan fingerprint density at radius 2 is 2.16 bits per heavy atom. The number of benzene rings is 1. The van der Waals surface area contributed by atoms with Crippen LogP contribution in [0.4, 0.5) is 5.69 Å². The van der Waals surface area contributed by atoms with Gasteiger partial charge in [0.1, 0.15) is 0 Å². The molecule has 0 aliphatic carbocycles. The van der Waals surface area contributed by atoms with Crippen LogP contribution in [0.25, 0.3) is 0 Å². The van der Waals surface area contributed by atoms with Gasteiger partial charge < -0.3 is 15.3 Å². The SMILES string of the molecule is CCC(NC)c1ccccc1N1CCC(C(C)O)C1. The third-order valence-electron chi connectivity index (χ3n) is 4.32. The molecule has 2 N–H and O–H groups in total. The quantitative estimate of drug-likeness (QED) is 0.856. The van der Waals surface area contributed by atoms with Crippen LogP contribution in [0.2, 0.25) is 0 Å². The van der Waals surface area contributed by atoms with E-state index < -0.39 is 0 Å². The van der Waals surface area contributed by atoms with Crippen LogP contribution in [0.15, 0.2) is 24.3 Å². The molecule has 1 aliphatic rings. The summed E-state index contributed by atoms with van der Waals surface area (Å²) >= 11 is 0. The zero-order chi connectivity index (χ0) is 13.8. The molecule has 3 nitrogen and oxygen atoms in total. The Labute approximate surface area is 116 Å². The molecule has 1 aliphatic heterocycles. The number of nitrogens with one attached hydrogen (secondary N) is 1. The van der Waals surface area contributed by atoms with Gasteiger partial charge in [0.2, 0.25) is 0 Å². The average Bonchev–Trinajstić information content (AvgIpc) is 2.90. The number of hydrogen-bond acceptors (Lipinski definition) is 3. The molecule has 0 radical (unpaired) electrons. The lowest BCUT2D eigenvalue weighted by Crippen LogP contribution is -2.26. The summed E-state index contributed by atoms with van der Waals surface area (Å²) in [6.45, 7) is 6.13. The summed E-state index contributed by atoms with van der Waals surface area (Å²) < 4.78 is 0. The summed E-state index contributed by atoms with van der Waals surface area (Å²) in [7, 11) is 2.02. The zero-order valence-electron chi connectivity index (χ0n) is 12.3. The number of anilines is 1. The van der Waals surface area contributed by atoms with Crippen LogP contribution in [-0.4, -0.2) is 31.3 Å². The van der Waals surface area contributed by atoms with Gasteiger partial charge in [-0.1, -0.05) is 25.1 Å². The highest BCUT2D eigenvalue weighted by molar-refractivity contribution is 5.55. The van der Waals surface area contributed by atoms with Crippen molar-refractivity contribution < 1.29 is 5.11 Å². The van der Waals surface area contributed by atoms with Crippen molar-refractivity contribution in [3.8, 4) is 0 Å². The van der Waals surface area contributed by atoms with Crippen molar-refractivity contribution >= 4 is 5.69 Å². The number of nitrogens with zero attached hydrogens (tertiary/aromatic N) is 1. The van der Waals surface area contributed by atoms with E-state index in [0.29, 0.717) is 12.0 Å². The normalized spacial score (nSPS) is 22.5. The van der Waals surface area contributed by atoms with E-state index in [9.17, 15) is 5.11 Å². The highest BCUT2D eigenvalue weighted by Crippen LogP contribution is 2.32. The Hall–Kier alpha value is -1.06. The largest absolute Gasteiger partial charge is 0.393 e. The maximum Gasteiger partial charge on any atom is 0.0557 e. The molecule has 106 valence electrons. The lowest BCUT2D eigenvalue weighted by molar-refractivity contribution is 0.136. The van der Waals surface area contributed by atoms with E-state index in [1.807, 2.05) is 14.0 Å². The van der Waals surface area contributed by atoms with Gasteiger partial charge in [-0.05, 0) is 38.4 Å². The molecule has 19 heavy (non-hydrogen) atoms. The molecular weight excluding hydrogens is 236 g/mol. The van der Waals surface area contributed by atoms with Crippen LogP contribution >= 0.6 is 0 Å². The topological polar surface area (TPSA) is 35.5 Å². The van der Waals surface area contributed by atoms with E-state index >= 15 is 0 Å². The van der Waals surface area contributed by atoms with Crippen molar-refractivity contribution in [1.29, 1.82) is 0 Å². The first-order valence-electron chi connectivity index (χ1n) is 7.36. The molecule has 1 heterocycles. The van der Waals surface area contributed by atoms with Crippen molar-refractivity contribution in [2.24, 2.45) is 5.92 Å². The molecule has 3 atom stereocenters. The Morgan fingerprint density at radius 3 is 2.74 bits per heavy atom. The van der Waals surface area contributed by atoms with Gasteiger partial charge >= 0.3 is 0 Å². The summed E-state index contributed by atoms with van der Waals surface area (Å²) in [6, 6.07) is 9.05. The van der Waals surface area contributed by atoms with Crippen molar-refractivity contribution in [3.63, 3.8) is 0 Å². The van der Waals surface area contributed by atoms with Crippen LogP contribution in [0.1, 0.15) is 38.3 Å². The second-order valence-corrected chi connectivity index (χ2v) is 5.54. The molecule has 2 rings (SSSR count). The lowest BCUT2D eigenvalue weighted by atomic mass is 10.0. The van der Waals surface area contributed by atoms with E-state index in [1.165, 1.54) is 11.3 Å². The van der Waals surface area contributed by atoms with Crippen LogP contribution < -0.4 is 10.2 Å². The number of aliphatic hydroxyl groups is 1. The highest BCUT2D eigenvalue weighted by atomic mass is 16.3. The second kappa shape index (κ2) is 6.40. The smallest absolute Gasteiger partial charge is 0.0557 e. The van der Waals surface area contributed by atoms with E-state index in [1.54, 1.807) is 0 Å². The third kappa shape index (κ3) is 3.10. The maximum absolute atomic E-state index is 9.75. The Morgan fingerprint density at radius 1 is 1.42 bits per heavy atom. The first-order chi connectivity index (χ1) is 9.17. The zero-order valence-corrected chi connectivity index (χ0v) is 12.3. The van der Waals surface area contributed by atoms with E-state index in [0.717, 1.165) is 25.9 Å². The van der Waals surface area contributed by atoms with E-state index in [4.69, 9.17) is 0 Å². The number of para-hydroxylation sites is 1. The monoisotopic (exact) mass is 262 g/mol. The average molecular weight is 262 g/mol. The van der Waals surface area contributed by atoms with E-state index in [2.05, 4.69) is 41.4 Å². The first kappa shape index (κ1) is 14.4.